The molecule has 9 nitrogen and oxygen atoms in total. The van der Waals surface area contributed by atoms with Crippen molar-refractivity contribution in [1.29, 1.82) is 0 Å². The highest BCUT2D eigenvalue weighted by molar-refractivity contribution is 5.87. The average Bonchev–Trinajstić information content (AvgIpc) is 3.35. The maximum Gasteiger partial charge on any atom is 0.408 e. The molecule has 2 unspecified atom stereocenters. The minimum absolute atomic E-state index is 0.00665. The molecule has 0 bridgehead atoms. The zero-order valence-electron chi connectivity index (χ0n) is 16.5. The summed E-state index contributed by atoms with van der Waals surface area (Å²) in [5.41, 5.74) is -0.931. The third kappa shape index (κ3) is 3.04. The maximum atomic E-state index is 12.8. The van der Waals surface area contributed by atoms with E-state index in [2.05, 4.69) is 0 Å². The summed E-state index contributed by atoms with van der Waals surface area (Å²) >= 11 is 0. The first kappa shape index (κ1) is 19.4. The number of carbonyl (C=O) groups excluding carboxylic acids is 2. The van der Waals surface area contributed by atoms with Gasteiger partial charge >= 0.3 is 6.09 Å². The number of rotatable bonds is 3. The molecule has 0 radical (unpaired) electrons. The highest BCUT2D eigenvalue weighted by atomic mass is 16.5. The highest BCUT2D eigenvalue weighted by Crippen LogP contribution is 2.53. The van der Waals surface area contributed by atoms with Crippen molar-refractivity contribution in [3.63, 3.8) is 0 Å². The fourth-order valence-electron chi connectivity index (χ4n) is 5.01. The fourth-order valence-corrected chi connectivity index (χ4v) is 5.01. The van der Waals surface area contributed by atoms with E-state index < -0.39 is 24.0 Å². The number of β-amino-alcohol motifs (C(OH)–C–C–N with tert-alkyl or cyclic N) is 1. The number of aliphatic hydroxyl groups excluding tert-OH is 1. The van der Waals surface area contributed by atoms with Crippen LogP contribution >= 0.6 is 0 Å². The van der Waals surface area contributed by atoms with E-state index in [1.165, 1.54) is 0 Å². The largest absolute Gasteiger partial charge is 0.465 e. The number of piperidine rings is 1. The summed E-state index contributed by atoms with van der Waals surface area (Å²) in [5.74, 6) is -0.289. The van der Waals surface area contributed by atoms with Crippen molar-refractivity contribution in [1.82, 2.24) is 14.7 Å². The molecule has 3 saturated heterocycles. The van der Waals surface area contributed by atoms with Crippen molar-refractivity contribution in [2.45, 2.75) is 69.9 Å². The van der Waals surface area contributed by atoms with E-state index in [9.17, 15) is 24.6 Å². The summed E-state index contributed by atoms with van der Waals surface area (Å²) in [6.07, 6.45) is 2.14. The van der Waals surface area contributed by atoms with Gasteiger partial charge in [-0.2, -0.15) is 0 Å². The lowest BCUT2D eigenvalue weighted by molar-refractivity contribution is -0.169. The van der Waals surface area contributed by atoms with Crippen molar-refractivity contribution < 1.29 is 29.3 Å². The Bertz CT molecular complexity index is 695. The molecule has 28 heavy (non-hydrogen) atoms. The average molecular weight is 395 g/mol. The van der Waals surface area contributed by atoms with Crippen molar-refractivity contribution in [3.8, 4) is 0 Å². The molecule has 4 aliphatic rings. The first-order valence-electron chi connectivity index (χ1n) is 10.1. The quantitative estimate of drug-likeness (QED) is 0.719. The van der Waals surface area contributed by atoms with Gasteiger partial charge in [0.15, 0.2) is 5.72 Å². The number of amides is 3. The van der Waals surface area contributed by atoms with Crippen LogP contribution < -0.4 is 0 Å². The van der Waals surface area contributed by atoms with Crippen LogP contribution in [0.1, 0.15) is 46.0 Å². The molecule has 3 aliphatic heterocycles. The number of hydrogen-bond acceptors (Lipinski definition) is 5. The van der Waals surface area contributed by atoms with Crippen LogP contribution in [0.15, 0.2) is 0 Å². The third-order valence-corrected chi connectivity index (χ3v) is 7.15. The Hall–Kier alpha value is -1.87. The highest BCUT2D eigenvalue weighted by Gasteiger charge is 2.55. The number of piperazine rings is 1. The Morgan fingerprint density at radius 2 is 2.00 bits per heavy atom. The van der Waals surface area contributed by atoms with E-state index in [1.54, 1.807) is 23.6 Å². The summed E-state index contributed by atoms with van der Waals surface area (Å²) in [6, 6.07) is -1.01. The first-order chi connectivity index (χ1) is 13.2. The predicted molar refractivity (Wildman–Crippen MR) is 97.3 cm³/mol. The summed E-state index contributed by atoms with van der Waals surface area (Å²) in [5, 5.41) is 19.6. The van der Waals surface area contributed by atoms with Gasteiger partial charge in [0.2, 0.25) is 11.8 Å². The molecule has 4 fully saturated rings. The molecule has 4 rings (SSSR count). The van der Waals surface area contributed by atoms with Crippen molar-refractivity contribution >= 4 is 17.9 Å². The standard InChI is InChI=1S/C19H29N3O6/c1-12-16(25)22-13(10-28-18(22,2)11-21(12)17(26)27)3-4-15(24)20-8-7-19(5-6-19)14(23)9-20/h12-14,23H,3-11H2,1-2H3,(H,26,27)/t12-,13-,14?,18?/m0/s1. The number of carboxylic acid groups (broad SMARTS) is 1. The SMILES string of the molecule is C[C@H]1C(=O)N2[C@@H](CCC(=O)N3CCC4(CC4)C(O)C3)COC2(C)CN1C(=O)O. The van der Waals surface area contributed by atoms with Gasteiger partial charge in [-0.1, -0.05) is 0 Å². The predicted octanol–water partition coefficient (Wildman–Crippen LogP) is 0.466. The lowest BCUT2D eigenvalue weighted by atomic mass is 9.90. The van der Waals surface area contributed by atoms with Crippen molar-refractivity contribution in [3.05, 3.63) is 0 Å². The second-order valence-electron chi connectivity index (χ2n) is 8.94. The molecule has 1 aliphatic carbocycles. The summed E-state index contributed by atoms with van der Waals surface area (Å²) < 4.78 is 5.82. The van der Waals surface area contributed by atoms with Crippen LogP contribution in [0.25, 0.3) is 0 Å². The zero-order valence-corrected chi connectivity index (χ0v) is 16.5. The van der Waals surface area contributed by atoms with E-state index in [0.29, 0.717) is 26.1 Å². The van der Waals surface area contributed by atoms with Gasteiger partial charge in [-0.15, -0.1) is 0 Å². The van der Waals surface area contributed by atoms with Gasteiger partial charge in [0.25, 0.3) is 0 Å². The third-order valence-electron chi connectivity index (χ3n) is 7.15. The van der Waals surface area contributed by atoms with E-state index in [4.69, 9.17) is 4.74 Å². The lowest BCUT2D eigenvalue weighted by Crippen LogP contribution is -2.67. The van der Waals surface area contributed by atoms with Crippen LogP contribution in [-0.2, 0) is 14.3 Å². The Labute approximate surface area is 164 Å². The Morgan fingerprint density at radius 1 is 1.29 bits per heavy atom. The molecule has 9 heteroatoms. The number of nitrogens with zero attached hydrogens (tertiary/aromatic N) is 3. The number of hydrogen-bond donors (Lipinski definition) is 2. The van der Waals surface area contributed by atoms with Gasteiger partial charge in [-0.3, -0.25) is 14.5 Å². The zero-order chi connectivity index (χ0) is 20.3. The van der Waals surface area contributed by atoms with Crippen LogP contribution in [0.5, 0.6) is 0 Å². The van der Waals surface area contributed by atoms with Crippen LogP contribution in [-0.4, -0.2) is 93.0 Å². The van der Waals surface area contributed by atoms with Gasteiger partial charge in [-0.25, -0.2) is 4.79 Å². The van der Waals surface area contributed by atoms with Crippen molar-refractivity contribution in [2.75, 3.05) is 26.2 Å². The second kappa shape index (κ2) is 6.59. The molecule has 1 spiro atoms. The van der Waals surface area contributed by atoms with Crippen LogP contribution in [0.4, 0.5) is 4.79 Å². The number of likely N-dealkylation sites (tertiary alicyclic amines) is 1. The van der Waals surface area contributed by atoms with Gasteiger partial charge in [0, 0.05) is 19.5 Å². The number of fused-ring (bicyclic) bond motifs is 1. The van der Waals surface area contributed by atoms with Gasteiger partial charge in [-0.05, 0) is 44.9 Å². The normalized spacial score (nSPS) is 36.6. The molecule has 4 atom stereocenters. The minimum atomic E-state index is -1.14. The molecular formula is C19H29N3O6. The van der Waals surface area contributed by atoms with Crippen molar-refractivity contribution in [2.24, 2.45) is 5.41 Å². The summed E-state index contributed by atoms with van der Waals surface area (Å²) in [6.45, 7) is 4.78. The van der Waals surface area contributed by atoms with Crippen LogP contribution in [0.3, 0.4) is 0 Å². The second-order valence-corrected chi connectivity index (χ2v) is 8.94. The molecule has 3 heterocycles. The number of aliphatic hydroxyl groups is 1. The van der Waals surface area contributed by atoms with E-state index in [-0.39, 0.29) is 36.2 Å². The molecule has 0 aromatic heterocycles. The smallest absolute Gasteiger partial charge is 0.408 e. The first-order valence-corrected chi connectivity index (χ1v) is 10.1. The van der Waals surface area contributed by atoms with Gasteiger partial charge in [0.05, 0.1) is 25.3 Å². The molecule has 0 aromatic rings. The molecule has 3 amide bonds. The number of carbonyl (C=O) groups is 3. The Kier molecular flexibility index (Phi) is 4.58. The summed E-state index contributed by atoms with van der Waals surface area (Å²) in [7, 11) is 0. The Balaban J connectivity index is 1.36. The van der Waals surface area contributed by atoms with E-state index in [0.717, 1.165) is 24.2 Å². The van der Waals surface area contributed by atoms with Gasteiger partial charge < -0.3 is 24.7 Å². The minimum Gasteiger partial charge on any atom is -0.465 e. The summed E-state index contributed by atoms with van der Waals surface area (Å²) in [4.78, 5) is 41.4. The van der Waals surface area contributed by atoms with E-state index in [1.807, 2.05) is 0 Å². The Morgan fingerprint density at radius 3 is 2.61 bits per heavy atom. The topological polar surface area (TPSA) is 111 Å². The fraction of sp³-hybridized carbons (Fsp3) is 0.842. The van der Waals surface area contributed by atoms with E-state index >= 15 is 0 Å². The monoisotopic (exact) mass is 395 g/mol. The molecular weight excluding hydrogens is 366 g/mol. The van der Waals surface area contributed by atoms with Crippen LogP contribution in [0.2, 0.25) is 0 Å². The molecule has 156 valence electrons. The molecule has 1 saturated carbocycles. The molecule has 0 aromatic carbocycles. The van der Waals surface area contributed by atoms with Gasteiger partial charge in [0.1, 0.15) is 6.04 Å². The maximum absolute atomic E-state index is 12.8. The lowest BCUT2D eigenvalue weighted by Gasteiger charge is -2.47. The molecule has 2 N–H and O–H groups in total. The van der Waals surface area contributed by atoms with Crippen LogP contribution in [0, 0.1) is 5.41 Å². The number of ether oxygens (including phenoxy) is 1.